The molecule has 3 nitrogen and oxygen atoms in total. The summed E-state index contributed by atoms with van der Waals surface area (Å²) in [5.74, 6) is 1.02. The Bertz CT molecular complexity index is 556. The van der Waals surface area contributed by atoms with Gasteiger partial charge in [-0.2, -0.15) is 0 Å². The Kier molecular flexibility index (Phi) is 4.36. The summed E-state index contributed by atoms with van der Waals surface area (Å²) in [7, 11) is 0. The van der Waals surface area contributed by atoms with Gasteiger partial charge in [-0.05, 0) is 37.8 Å². The molecule has 0 aliphatic heterocycles. The van der Waals surface area contributed by atoms with Crippen LogP contribution in [-0.4, -0.2) is 9.97 Å². The molecule has 96 valence electrons. The lowest BCUT2D eigenvalue weighted by molar-refractivity contribution is 0.549. The average Bonchev–Trinajstić information content (AvgIpc) is 2.57. The quantitative estimate of drug-likeness (QED) is 0.592. The van der Waals surface area contributed by atoms with Gasteiger partial charge < -0.3 is 4.42 Å². The third kappa shape index (κ3) is 2.74. The first-order chi connectivity index (χ1) is 8.40. The van der Waals surface area contributed by atoms with Crippen LogP contribution in [0.3, 0.4) is 0 Å². The highest BCUT2D eigenvalue weighted by Gasteiger charge is 2.18. The Morgan fingerprint density at radius 2 is 1.72 bits per heavy atom. The van der Waals surface area contributed by atoms with Crippen LogP contribution in [0.1, 0.15) is 25.3 Å². The average molecular weight is 415 g/mol. The van der Waals surface area contributed by atoms with Crippen molar-refractivity contribution in [2.75, 3.05) is 0 Å². The molecule has 18 heavy (non-hydrogen) atoms. The number of hydrogen-bond donors (Lipinski definition) is 0. The summed E-state index contributed by atoms with van der Waals surface area (Å²) in [6.07, 6.45) is 0. The molecular weight excluding hydrogens is 407 g/mol. The summed E-state index contributed by atoms with van der Waals surface area (Å²) in [6, 6.07) is 1.75. The van der Waals surface area contributed by atoms with Crippen molar-refractivity contribution in [3.63, 3.8) is 0 Å². The zero-order valence-corrected chi connectivity index (χ0v) is 14.2. The van der Waals surface area contributed by atoms with Gasteiger partial charge >= 0.3 is 0 Å². The lowest BCUT2D eigenvalue weighted by Gasteiger charge is -2.09. The Balaban J connectivity index is 2.54. The number of nitrogens with zero attached hydrogens (tertiary/aromatic N) is 2. The van der Waals surface area contributed by atoms with Crippen LogP contribution >= 0.6 is 55.1 Å². The predicted octanol–water partition coefficient (Wildman–Crippen LogP) is 5.69. The van der Waals surface area contributed by atoms with Crippen molar-refractivity contribution in [3.8, 4) is 11.6 Å². The second kappa shape index (κ2) is 5.49. The van der Waals surface area contributed by atoms with Gasteiger partial charge in [-0.25, -0.2) is 9.97 Å². The summed E-state index contributed by atoms with van der Waals surface area (Å²) >= 11 is 18.8. The Labute approximate surface area is 131 Å². The minimum atomic E-state index is 0.161. The highest BCUT2D eigenvalue weighted by Crippen LogP contribution is 2.34. The van der Waals surface area contributed by atoms with E-state index in [9.17, 15) is 0 Å². The Hall–Kier alpha value is -0.100. The van der Waals surface area contributed by atoms with E-state index in [1.807, 2.05) is 13.8 Å². The van der Waals surface area contributed by atoms with Gasteiger partial charge in [0, 0.05) is 11.6 Å². The van der Waals surface area contributed by atoms with Gasteiger partial charge in [0.2, 0.25) is 0 Å². The van der Waals surface area contributed by atoms with Crippen molar-refractivity contribution < 1.29 is 4.42 Å². The maximum atomic E-state index is 6.13. The molecule has 0 amide bonds. The van der Waals surface area contributed by atoms with Crippen molar-refractivity contribution in [1.82, 2.24) is 9.97 Å². The van der Waals surface area contributed by atoms with Gasteiger partial charge in [-0.1, -0.05) is 37.0 Å². The van der Waals surface area contributed by atoms with E-state index in [-0.39, 0.29) is 5.92 Å². The van der Waals surface area contributed by atoms with Crippen LogP contribution in [-0.2, 0) is 0 Å². The van der Waals surface area contributed by atoms with Gasteiger partial charge in [0.25, 0.3) is 0 Å². The lowest BCUT2D eigenvalue weighted by Crippen LogP contribution is -1.98. The molecule has 2 heterocycles. The molecule has 0 spiro atoms. The van der Waals surface area contributed by atoms with E-state index >= 15 is 0 Å². The van der Waals surface area contributed by atoms with Crippen LogP contribution in [0.2, 0.25) is 10.3 Å². The van der Waals surface area contributed by atoms with Crippen LogP contribution in [0.4, 0.5) is 0 Å². The molecule has 0 saturated heterocycles. The monoisotopic (exact) mass is 412 g/mol. The second-order valence-electron chi connectivity index (χ2n) is 3.93. The van der Waals surface area contributed by atoms with E-state index in [1.54, 1.807) is 6.07 Å². The molecule has 0 aromatic carbocycles. The van der Waals surface area contributed by atoms with E-state index < -0.39 is 0 Å². The van der Waals surface area contributed by atoms with E-state index in [2.05, 4.69) is 41.8 Å². The van der Waals surface area contributed by atoms with Crippen molar-refractivity contribution in [2.45, 2.75) is 19.8 Å². The molecule has 0 atom stereocenters. The zero-order valence-electron chi connectivity index (χ0n) is 9.47. The van der Waals surface area contributed by atoms with Gasteiger partial charge in [-0.15, -0.1) is 0 Å². The standard InChI is InChI=1S/C11H8Br2Cl2N2O/c1-4(2)7-9(14)16-11(17-10(7)15)6-3-5(12)8(13)18-6/h3-4H,1-2H3. The molecule has 2 aromatic rings. The first kappa shape index (κ1) is 14.3. The van der Waals surface area contributed by atoms with E-state index in [0.717, 1.165) is 10.0 Å². The lowest BCUT2D eigenvalue weighted by atomic mass is 10.1. The molecule has 2 rings (SSSR count). The second-order valence-corrected chi connectivity index (χ2v) is 6.22. The number of hydrogen-bond acceptors (Lipinski definition) is 3. The van der Waals surface area contributed by atoms with Crippen molar-refractivity contribution in [2.24, 2.45) is 0 Å². The molecule has 0 N–H and O–H groups in total. The molecule has 2 aromatic heterocycles. The molecule has 7 heteroatoms. The third-order valence-electron chi connectivity index (χ3n) is 2.30. The maximum absolute atomic E-state index is 6.13. The summed E-state index contributed by atoms with van der Waals surface area (Å²) in [4.78, 5) is 8.43. The van der Waals surface area contributed by atoms with Crippen molar-refractivity contribution in [1.29, 1.82) is 0 Å². The van der Waals surface area contributed by atoms with Crippen LogP contribution in [0, 0.1) is 0 Å². The Morgan fingerprint density at radius 1 is 1.17 bits per heavy atom. The molecule has 0 aliphatic carbocycles. The van der Waals surface area contributed by atoms with Crippen LogP contribution in [0.5, 0.6) is 0 Å². The first-order valence-corrected chi connectivity index (χ1v) is 7.42. The Morgan fingerprint density at radius 3 is 2.11 bits per heavy atom. The SMILES string of the molecule is CC(C)c1c(Cl)nc(-c2cc(Br)c(Br)o2)nc1Cl. The minimum absolute atomic E-state index is 0.161. The van der Waals surface area contributed by atoms with Gasteiger partial charge in [0.1, 0.15) is 10.3 Å². The molecule has 0 radical (unpaired) electrons. The summed E-state index contributed by atoms with van der Waals surface area (Å²) in [6.45, 7) is 3.96. The topological polar surface area (TPSA) is 38.9 Å². The van der Waals surface area contributed by atoms with Crippen LogP contribution in [0.15, 0.2) is 19.6 Å². The fourth-order valence-corrected chi connectivity index (χ4v) is 2.86. The largest absolute Gasteiger partial charge is 0.445 e. The molecular formula is C11H8Br2Cl2N2O. The smallest absolute Gasteiger partial charge is 0.198 e. The van der Waals surface area contributed by atoms with E-state index in [4.69, 9.17) is 27.6 Å². The molecule has 0 bridgehead atoms. The molecule has 0 unspecified atom stereocenters. The first-order valence-electron chi connectivity index (χ1n) is 5.08. The molecule has 0 fully saturated rings. The van der Waals surface area contributed by atoms with Crippen LogP contribution in [0.25, 0.3) is 11.6 Å². The third-order valence-corrected chi connectivity index (χ3v) is 4.58. The molecule has 0 saturated carbocycles. The summed E-state index contributed by atoms with van der Waals surface area (Å²) < 4.78 is 6.79. The van der Waals surface area contributed by atoms with Crippen molar-refractivity contribution in [3.05, 3.63) is 31.1 Å². The maximum Gasteiger partial charge on any atom is 0.198 e. The van der Waals surface area contributed by atoms with Gasteiger partial charge in [0.15, 0.2) is 16.3 Å². The van der Waals surface area contributed by atoms with Gasteiger partial charge in [-0.3, -0.25) is 0 Å². The fraction of sp³-hybridized carbons (Fsp3) is 0.273. The highest BCUT2D eigenvalue weighted by molar-refractivity contribution is 9.13. The zero-order chi connectivity index (χ0) is 13.4. The number of aromatic nitrogens is 2. The van der Waals surface area contributed by atoms with Crippen molar-refractivity contribution >= 4 is 55.1 Å². The summed E-state index contributed by atoms with van der Waals surface area (Å²) in [5, 5.41) is 0.701. The molecule has 0 aliphatic rings. The normalized spacial score (nSPS) is 11.3. The fourth-order valence-electron chi connectivity index (χ4n) is 1.46. The van der Waals surface area contributed by atoms with E-state index in [0.29, 0.717) is 26.6 Å². The predicted molar refractivity (Wildman–Crippen MR) is 79.2 cm³/mol. The highest BCUT2D eigenvalue weighted by atomic mass is 79.9. The van der Waals surface area contributed by atoms with Gasteiger partial charge in [0.05, 0.1) is 4.47 Å². The van der Waals surface area contributed by atoms with E-state index in [1.165, 1.54) is 0 Å². The number of rotatable bonds is 2. The summed E-state index contributed by atoms with van der Waals surface area (Å²) in [5.41, 5.74) is 0.742. The minimum Gasteiger partial charge on any atom is -0.445 e. The number of furan rings is 1. The van der Waals surface area contributed by atoms with Crippen LogP contribution < -0.4 is 0 Å². The number of halogens is 4.